The molecule has 0 saturated carbocycles. The van der Waals surface area contributed by atoms with E-state index in [-0.39, 0.29) is 22.9 Å². The summed E-state index contributed by atoms with van der Waals surface area (Å²) in [5.74, 6) is -0.416. The Morgan fingerprint density at radius 1 is 1.29 bits per heavy atom. The average molecular weight is 348 g/mol. The molecule has 0 atom stereocenters. The van der Waals surface area contributed by atoms with Crippen LogP contribution in [0.2, 0.25) is 0 Å². The largest absolute Gasteiger partial charge is 0.497 e. The minimum absolute atomic E-state index is 0.0157. The lowest BCUT2D eigenvalue weighted by Crippen LogP contribution is -2.33. The van der Waals surface area contributed by atoms with Gasteiger partial charge in [-0.3, -0.25) is 4.79 Å². The summed E-state index contributed by atoms with van der Waals surface area (Å²) in [4.78, 5) is 23.7. The number of rotatable bonds is 6. The molecule has 0 heterocycles. The van der Waals surface area contributed by atoms with E-state index >= 15 is 0 Å². The maximum absolute atomic E-state index is 11.9. The second-order valence-electron chi connectivity index (χ2n) is 4.70. The van der Waals surface area contributed by atoms with Crippen LogP contribution in [0.25, 0.3) is 6.08 Å². The van der Waals surface area contributed by atoms with Gasteiger partial charge in [0.1, 0.15) is 16.3 Å². The predicted molar refractivity (Wildman–Crippen MR) is 96.3 cm³/mol. The van der Waals surface area contributed by atoms with E-state index in [1.54, 1.807) is 44.4 Å². The van der Waals surface area contributed by atoms with Gasteiger partial charge in [0, 0.05) is 11.8 Å². The molecule has 0 unspecified atom stereocenters. The lowest BCUT2D eigenvalue weighted by Gasteiger charge is -2.10. The molecular weight excluding hydrogens is 328 g/mol. The van der Waals surface area contributed by atoms with Gasteiger partial charge in [-0.15, -0.1) is 0 Å². The molecule has 0 bridgehead atoms. The van der Waals surface area contributed by atoms with Gasteiger partial charge >= 0.3 is 5.97 Å². The van der Waals surface area contributed by atoms with Crippen molar-refractivity contribution in [3.8, 4) is 5.75 Å². The highest BCUT2D eigenvalue weighted by Crippen LogP contribution is 2.12. The van der Waals surface area contributed by atoms with Gasteiger partial charge < -0.3 is 20.5 Å². The minimum atomic E-state index is -0.665. The van der Waals surface area contributed by atoms with Gasteiger partial charge in [0.25, 0.3) is 0 Å². The molecule has 0 aliphatic rings. The molecule has 0 saturated heterocycles. The number of esters is 1. The zero-order chi connectivity index (χ0) is 18.1. The van der Waals surface area contributed by atoms with E-state index in [1.165, 1.54) is 13.0 Å². The van der Waals surface area contributed by atoms with Crippen LogP contribution in [0.5, 0.6) is 5.75 Å². The third-order valence-corrected chi connectivity index (χ3v) is 3.19. The third kappa shape index (κ3) is 5.85. The lowest BCUT2D eigenvalue weighted by molar-refractivity contribution is -0.137. The summed E-state index contributed by atoms with van der Waals surface area (Å²) in [5, 5.41) is 2.44. The predicted octanol–water partition coefficient (Wildman–Crippen LogP) is 1.95. The van der Waals surface area contributed by atoms with E-state index in [2.05, 4.69) is 5.32 Å². The van der Waals surface area contributed by atoms with Gasteiger partial charge in [-0.2, -0.15) is 0 Å². The molecule has 3 N–H and O–H groups in total. The Hall–Kier alpha value is -2.67. The summed E-state index contributed by atoms with van der Waals surface area (Å²) in [7, 11) is 1.58. The number of benzene rings is 1. The SMILES string of the molecule is CCOC(=O)C(C(=S)NC(=O)C=Cc1ccc(OC)cc1)=C(C)N. The summed E-state index contributed by atoms with van der Waals surface area (Å²) in [6, 6.07) is 7.16. The second-order valence-corrected chi connectivity index (χ2v) is 5.11. The molecule has 1 amide bonds. The van der Waals surface area contributed by atoms with Crippen molar-refractivity contribution >= 4 is 35.2 Å². The average Bonchev–Trinajstić information content (AvgIpc) is 2.53. The number of hydrogen-bond acceptors (Lipinski definition) is 6. The van der Waals surface area contributed by atoms with E-state index in [0.29, 0.717) is 0 Å². The van der Waals surface area contributed by atoms with Gasteiger partial charge in [-0.1, -0.05) is 24.4 Å². The molecular formula is C17H20N2O4S. The molecule has 6 nitrogen and oxygen atoms in total. The van der Waals surface area contributed by atoms with Crippen LogP contribution in [0.3, 0.4) is 0 Å². The first kappa shape index (κ1) is 19.4. The maximum Gasteiger partial charge on any atom is 0.342 e. The highest BCUT2D eigenvalue weighted by Gasteiger charge is 2.19. The van der Waals surface area contributed by atoms with Crippen molar-refractivity contribution in [3.63, 3.8) is 0 Å². The van der Waals surface area contributed by atoms with Crippen LogP contribution in [0.15, 0.2) is 41.6 Å². The van der Waals surface area contributed by atoms with Crippen molar-refractivity contribution in [1.29, 1.82) is 0 Å². The standard InChI is InChI=1S/C17H20N2O4S/c1-4-23-17(21)15(11(2)18)16(24)19-14(20)10-7-12-5-8-13(22-3)9-6-12/h5-10H,4,18H2,1-3H3,(H,19,20,24). The number of amides is 1. The van der Waals surface area contributed by atoms with E-state index in [4.69, 9.17) is 27.4 Å². The Balaban J connectivity index is 2.74. The molecule has 0 aliphatic heterocycles. The number of nitrogens with one attached hydrogen (secondary N) is 1. The van der Waals surface area contributed by atoms with E-state index in [1.807, 2.05) is 0 Å². The number of carbonyl (C=O) groups excluding carboxylic acids is 2. The van der Waals surface area contributed by atoms with Crippen LogP contribution in [0, 0.1) is 0 Å². The van der Waals surface area contributed by atoms with Crippen molar-refractivity contribution < 1.29 is 19.1 Å². The summed E-state index contributed by atoms with van der Waals surface area (Å²) < 4.78 is 9.93. The number of hydrogen-bond donors (Lipinski definition) is 2. The Bertz CT molecular complexity index is 674. The Labute approximate surface area is 146 Å². The van der Waals surface area contributed by atoms with Crippen LogP contribution in [-0.4, -0.2) is 30.6 Å². The zero-order valence-electron chi connectivity index (χ0n) is 13.8. The quantitative estimate of drug-likeness (QED) is 0.464. The smallest absolute Gasteiger partial charge is 0.342 e. The van der Waals surface area contributed by atoms with Crippen LogP contribution in [-0.2, 0) is 14.3 Å². The summed E-state index contributed by atoms with van der Waals surface area (Å²) >= 11 is 5.06. The summed E-state index contributed by atoms with van der Waals surface area (Å²) in [6.07, 6.45) is 2.92. The zero-order valence-corrected chi connectivity index (χ0v) is 14.6. The molecule has 0 aromatic heterocycles. The Morgan fingerprint density at radius 3 is 2.42 bits per heavy atom. The Kier molecular flexibility index (Phi) is 7.64. The molecule has 7 heteroatoms. The first-order chi connectivity index (χ1) is 11.4. The van der Waals surface area contributed by atoms with Crippen molar-refractivity contribution in [3.05, 3.63) is 47.2 Å². The number of ether oxygens (including phenoxy) is 2. The molecule has 1 aromatic carbocycles. The van der Waals surface area contributed by atoms with E-state index < -0.39 is 11.9 Å². The van der Waals surface area contributed by atoms with Gasteiger partial charge in [-0.25, -0.2) is 4.79 Å². The number of nitrogens with two attached hydrogens (primary N) is 1. The van der Waals surface area contributed by atoms with Crippen molar-refractivity contribution in [2.24, 2.45) is 5.73 Å². The monoisotopic (exact) mass is 348 g/mol. The molecule has 0 spiro atoms. The van der Waals surface area contributed by atoms with Gasteiger partial charge in [0.15, 0.2) is 0 Å². The molecule has 1 aromatic rings. The highest BCUT2D eigenvalue weighted by atomic mass is 32.1. The topological polar surface area (TPSA) is 90.6 Å². The second kappa shape index (κ2) is 9.46. The van der Waals surface area contributed by atoms with Crippen LogP contribution >= 0.6 is 12.2 Å². The van der Waals surface area contributed by atoms with Crippen molar-refractivity contribution in [2.45, 2.75) is 13.8 Å². The molecule has 0 radical (unpaired) electrons. The lowest BCUT2D eigenvalue weighted by atomic mass is 10.2. The van der Waals surface area contributed by atoms with E-state index in [0.717, 1.165) is 11.3 Å². The van der Waals surface area contributed by atoms with Crippen LogP contribution < -0.4 is 15.8 Å². The van der Waals surface area contributed by atoms with E-state index in [9.17, 15) is 9.59 Å². The van der Waals surface area contributed by atoms with Crippen LogP contribution in [0.1, 0.15) is 19.4 Å². The van der Waals surface area contributed by atoms with Gasteiger partial charge in [-0.05, 0) is 37.6 Å². The van der Waals surface area contributed by atoms with Gasteiger partial charge in [0.05, 0.1) is 13.7 Å². The first-order valence-electron chi connectivity index (χ1n) is 7.20. The summed E-state index contributed by atoms with van der Waals surface area (Å²) in [5.41, 5.74) is 6.62. The number of allylic oxidation sites excluding steroid dienone is 1. The minimum Gasteiger partial charge on any atom is -0.497 e. The fourth-order valence-electron chi connectivity index (χ4n) is 1.74. The number of methoxy groups -OCH3 is 1. The van der Waals surface area contributed by atoms with Crippen molar-refractivity contribution in [2.75, 3.05) is 13.7 Å². The van der Waals surface area contributed by atoms with Crippen molar-refractivity contribution in [1.82, 2.24) is 5.32 Å². The highest BCUT2D eigenvalue weighted by molar-refractivity contribution is 7.81. The fraction of sp³-hybridized carbons (Fsp3) is 0.235. The molecule has 1 rings (SSSR count). The fourth-order valence-corrected chi connectivity index (χ4v) is 2.08. The molecule has 24 heavy (non-hydrogen) atoms. The normalized spacial score (nSPS) is 11.6. The third-order valence-electron chi connectivity index (χ3n) is 2.88. The number of carbonyl (C=O) groups is 2. The summed E-state index contributed by atoms with van der Waals surface area (Å²) in [6.45, 7) is 3.36. The molecule has 0 fully saturated rings. The van der Waals surface area contributed by atoms with Gasteiger partial charge in [0.2, 0.25) is 5.91 Å². The first-order valence-corrected chi connectivity index (χ1v) is 7.60. The Morgan fingerprint density at radius 2 is 1.92 bits per heavy atom. The number of thiocarbonyl (C=S) groups is 1. The maximum atomic E-state index is 11.9. The van der Waals surface area contributed by atoms with Crippen LogP contribution in [0.4, 0.5) is 0 Å². The molecule has 0 aliphatic carbocycles. The molecule has 128 valence electrons.